The van der Waals surface area contributed by atoms with Gasteiger partial charge in [0.1, 0.15) is 0 Å². The van der Waals surface area contributed by atoms with E-state index >= 15 is 0 Å². The van der Waals surface area contributed by atoms with E-state index in [0.717, 1.165) is 20.1 Å². The molecule has 2 heterocycles. The minimum Gasteiger partial charge on any atom is -0.341 e. The molecule has 2 aliphatic heterocycles. The van der Waals surface area contributed by atoms with E-state index in [2.05, 4.69) is 42.5 Å². The summed E-state index contributed by atoms with van der Waals surface area (Å²) in [6, 6.07) is 14.3. The van der Waals surface area contributed by atoms with Gasteiger partial charge >= 0.3 is 0 Å². The van der Waals surface area contributed by atoms with E-state index < -0.39 is 12.1 Å². The first-order valence-electron chi connectivity index (χ1n) is 7.42. The zero-order valence-corrected chi connectivity index (χ0v) is 15.5. The van der Waals surface area contributed by atoms with Gasteiger partial charge in [-0.2, -0.15) is 0 Å². The smallest absolute Gasteiger partial charge is 0.250 e. The predicted molar refractivity (Wildman–Crippen MR) is 97.1 cm³/mol. The molecule has 24 heavy (non-hydrogen) atoms. The first-order valence-corrected chi connectivity index (χ1v) is 9.01. The minimum atomic E-state index is -0.435. The summed E-state index contributed by atoms with van der Waals surface area (Å²) in [7, 11) is 0. The summed E-state index contributed by atoms with van der Waals surface area (Å²) in [4.78, 5) is 25.2. The Morgan fingerprint density at radius 2 is 1.04 bits per heavy atom. The highest BCUT2D eigenvalue weighted by Crippen LogP contribution is 2.43. The second-order valence-electron chi connectivity index (χ2n) is 5.68. The van der Waals surface area contributed by atoms with Crippen LogP contribution in [0.4, 0.5) is 0 Å². The minimum absolute atomic E-state index is 0.204. The Morgan fingerprint density at radius 3 is 1.42 bits per heavy atom. The van der Waals surface area contributed by atoms with Crippen molar-refractivity contribution in [2.75, 3.05) is 0 Å². The molecule has 2 unspecified atom stereocenters. The molecule has 0 saturated carbocycles. The summed E-state index contributed by atoms with van der Waals surface area (Å²) in [6.07, 6.45) is 0. The molecule has 0 aromatic heterocycles. The van der Waals surface area contributed by atoms with Gasteiger partial charge < -0.3 is 10.6 Å². The first kappa shape index (κ1) is 15.6. The van der Waals surface area contributed by atoms with Crippen LogP contribution in [0, 0.1) is 0 Å². The lowest BCUT2D eigenvalue weighted by molar-refractivity contribution is -0.118. The van der Waals surface area contributed by atoms with Gasteiger partial charge in [-0.15, -0.1) is 0 Å². The highest BCUT2D eigenvalue weighted by molar-refractivity contribution is 9.10. The average molecular weight is 448 g/mol. The number of carbonyl (C=O) groups excluding carboxylic acids is 2. The SMILES string of the molecule is O=C1NC(c2ccccc2Br)C2=C1C(c1ccccc1Br)NC2=O. The topological polar surface area (TPSA) is 58.2 Å². The second kappa shape index (κ2) is 5.86. The van der Waals surface area contributed by atoms with Crippen LogP contribution in [0.3, 0.4) is 0 Å². The zero-order chi connectivity index (χ0) is 16.8. The molecule has 2 amide bonds. The van der Waals surface area contributed by atoms with Gasteiger partial charge in [0, 0.05) is 8.95 Å². The first-order chi connectivity index (χ1) is 11.6. The van der Waals surface area contributed by atoms with Gasteiger partial charge in [-0.25, -0.2) is 0 Å². The van der Waals surface area contributed by atoms with Gasteiger partial charge in [-0.05, 0) is 23.3 Å². The number of amides is 2. The van der Waals surface area contributed by atoms with Crippen molar-refractivity contribution in [3.63, 3.8) is 0 Å². The van der Waals surface area contributed by atoms with Gasteiger partial charge in [0.2, 0.25) is 0 Å². The monoisotopic (exact) mass is 446 g/mol. The molecule has 4 rings (SSSR count). The maximum atomic E-state index is 12.6. The molecule has 2 aromatic carbocycles. The van der Waals surface area contributed by atoms with Crippen LogP contribution in [-0.4, -0.2) is 11.8 Å². The third-order valence-electron chi connectivity index (χ3n) is 4.34. The molecule has 0 spiro atoms. The lowest BCUT2D eigenvalue weighted by atomic mass is 9.95. The summed E-state index contributed by atoms with van der Waals surface area (Å²) < 4.78 is 1.72. The van der Waals surface area contributed by atoms with E-state index in [4.69, 9.17) is 0 Å². The molecule has 4 nitrogen and oxygen atoms in total. The Kier molecular flexibility index (Phi) is 3.81. The van der Waals surface area contributed by atoms with Crippen LogP contribution >= 0.6 is 31.9 Å². The van der Waals surface area contributed by atoms with E-state index in [-0.39, 0.29) is 11.8 Å². The molecule has 6 heteroatoms. The van der Waals surface area contributed by atoms with Crippen LogP contribution in [0.5, 0.6) is 0 Å². The maximum Gasteiger partial charge on any atom is 0.250 e. The summed E-state index contributed by atoms with van der Waals surface area (Å²) >= 11 is 7.00. The number of rotatable bonds is 2. The Bertz CT molecular complexity index is 834. The molecule has 2 aliphatic rings. The molecular formula is C18H12Br2N2O2. The average Bonchev–Trinajstić information content (AvgIpc) is 3.08. The van der Waals surface area contributed by atoms with Crippen LogP contribution in [-0.2, 0) is 9.59 Å². The van der Waals surface area contributed by atoms with Crippen molar-refractivity contribution >= 4 is 43.7 Å². The number of nitrogens with one attached hydrogen (secondary N) is 2. The highest BCUT2D eigenvalue weighted by atomic mass is 79.9. The van der Waals surface area contributed by atoms with Crippen molar-refractivity contribution < 1.29 is 9.59 Å². The quantitative estimate of drug-likeness (QED) is 0.739. The van der Waals surface area contributed by atoms with Gasteiger partial charge in [-0.1, -0.05) is 68.3 Å². The van der Waals surface area contributed by atoms with Gasteiger partial charge in [-0.3, -0.25) is 9.59 Å². The van der Waals surface area contributed by atoms with Crippen molar-refractivity contribution in [1.29, 1.82) is 0 Å². The predicted octanol–water partition coefficient (Wildman–Crippen LogP) is 3.55. The third-order valence-corrected chi connectivity index (χ3v) is 5.78. The number of halogens is 2. The third kappa shape index (κ3) is 2.32. The molecule has 0 radical (unpaired) electrons. The van der Waals surface area contributed by atoms with Gasteiger partial charge in [0.05, 0.1) is 23.2 Å². The molecule has 2 atom stereocenters. The lowest BCUT2D eigenvalue weighted by Gasteiger charge is -2.18. The van der Waals surface area contributed by atoms with E-state index in [1.807, 2.05) is 48.5 Å². The van der Waals surface area contributed by atoms with Crippen molar-refractivity contribution in [3.8, 4) is 0 Å². The normalized spacial score (nSPS) is 22.4. The fraction of sp³-hybridized carbons (Fsp3) is 0.111. The highest BCUT2D eigenvalue weighted by Gasteiger charge is 2.46. The summed E-state index contributed by atoms with van der Waals surface area (Å²) in [5, 5.41) is 5.89. The van der Waals surface area contributed by atoms with Crippen LogP contribution in [0.1, 0.15) is 23.2 Å². The fourth-order valence-corrected chi connectivity index (χ4v) is 4.29. The largest absolute Gasteiger partial charge is 0.341 e. The van der Waals surface area contributed by atoms with Crippen molar-refractivity contribution in [3.05, 3.63) is 79.7 Å². The van der Waals surface area contributed by atoms with Crippen LogP contribution < -0.4 is 10.6 Å². The van der Waals surface area contributed by atoms with E-state index in [0.29, 0.717) is 11.1 Å². The molecule has 2 N–H and O–H groups in total. The lowest BCUT2D eigenvalue weighted by Crippen LogP contribution is -2.33. The van der Waals surface area contributed by atoms with Crippen molar-refractivity contribution in [1.82, 2.24) is 10.6 Å². The Morgan fingerprint density at radius 1 is 0.667 bits per heavy atom. The van der Waals surface area contributed by atoms with Crippen molar-refractivity contribution in [2.24, 2.45) is 0 Å². The fourth-order valence-electron chi connectivity index (χ4n) is 3.26. The number of hydrogen-bond acceptors (Lipinski definition) is 2. The molecule has 0 aliphatic carbocycles. The molecule has 0 fully saturated rings. The van der Waals surface area contributed by atoms with Gasteiger partial charge in [0.15, 0.2) is 0 Å². The van der Waals surface area contributed by atoms with E-state index in [9.17, 15) is 9.59 Å². The number of benzene rings is 2. The molecular weight excluding hydrogens is 436 g/mol. The van der Waals surface area contributed by atoms with Crippen LogP contribution in [0.25, 0.3) is 0 Å². The Labute approximate surface area is 155 Å². The molecule has 120 valence electrons. The Hall–Kier alpha value is -1.92. The maximum absolute atomic E-state index is 12.6. The van der Waals surface area contributed by atoms with Crippen LogP contribution in [0.15, 0.2) is 68.6 Å². The summed E-state index contributed by atoms with van der Waals surface area (Å²) in [5.41, 5.74) is 2.76. The van der Waals surface area contributed by atoms with Crippen LogP contribution in [0.2, 0.25) is 0 Å². The number of carbonyl (C=O) groups is 2. The molecule has 0 bridgehead atoms. The zero-order valence-electron chi connectivity index (χ0n) is 12.3. The molecule has 0 saturated heterocycles. The Balaban J connectivity index is 1.84. The summed E-state index contributed by atoms with van der Waals surface area (Å²) in [6.45, 7) is 0. The molecule has 2 aromatic rings. The number of hydrogen-bond donors (Lipinski definition) is 2. The van der Waals surface area contributed by atoms with E-state index in [1.54, 1.807) is 0 Å². The van der Waals surface area contributed by atoms with Crippen molar-refractivity contribution in [2.45, 2.75) is 12.1 Å². The van der Waals surface area contributed by atoms with Gasteiger partial charge in [0.25, 0.3) is 11.8 Å². The second-order valence-corrected chi connectivity index (χ2v) is 7.39. The van der Waals surface area contributed by atoms with E-state index in [1.165, 1.54) is 0 Å². The standard InChI is InChI=1S/C18H12Br2N2O2/c19-11-7-3-1-5-9(11)15-13-14(18(24)21-15)16(22-17(13)23)10-6-2-4-8-12(10)20/h1-8,15-16H,(H,21,24)(H,22,23). The summed E-state index contributed by atoms with van der Waals surface area (Å²) in [5.74, 6) is -0.408.